The average molecular weight is 416 g/mol. The van der Waals surface area contributed by atoms with E-state index >= 15 is 0 Å². The van der Waals surface area contributed by atoms with Crippen LogP contribution >= 0.6 is 0 Å². The highest BCUT2D eigenvalue weighted by atomic mass is 16.5. The van der Waals surface area contributed by atoms with Crippen LogP contribution in [0.3, 0.4) is 0 Å². The van der Waals surface area contributed by atoms with Crippen LogP contribution in [-0.4, -0.2) is 24.4 Å². The first kappa shape index (κ1) is 21.8. The van der Waals surface area contributed by atoms with Crippen molar-refractivity contribution in [3.63, 3.8) is 0 Å². The van der Waals surface area contributed by atoms with Crippen LogP contribution in [0, 0.1) is 6.92 Å². The van der Waals surface area contributed by atoms with Gasteiger partial charge in [-0.3, -0.25) is 9.59 Å². The molecule has 2 N–H and O–H groups in total. The quantitative estimate of drug-likeness (QED) is 0.549. The van der Waals surface area contributed by atoms with Gasteiger partial charge in [-0.1, -0.05) is 66.7 Å². The van der Waals surface area contributed by atoms with Crippen LogP contribution in [0.15, 0.2) is 78.9 Å². The number of hydrogen-bond donors (Lipinski definition) is 2. The normalized spacial score (nSPS) is 10.2. The summed E-state index contributed by atoms with van der Waals surface area (Å²) >= 11 is 0. The summed E-state index contributed by atoms with van der Waals surface area (Å²) in [5, 5.41) is 5.47. The van der Waals surface area contributed by atoms with E-state index < -0.39 is 18.5 Å². The zero-order valence-corrected chi connectivity index (χ0v) is 17.3. The van der Waals surface area contributed by atoms with Crippen LogP contribution in [-0.2, 0) is 27.3 Å². The van der Waals surface area contributed by atoms with E-state index in [1.807, 2.05) is 61.5 Å². The molecule has 3 aromatic rings. The monoisotopic (exact) mass is 416 g/mol. The molecule has 6 heteroatoms. The third-order valence-electron chi connectivity index (χ3n) is 4.70. The summed E-state index contributed by atoms with van der Waals surface area (Å²) in [4.78, 5) is 36.9. The molecule has 0 saturated carbocycles. The summed E-state index contributed by atoms with van der Waals surface area (Å²) in [5.74, 6) is -1.33. The van der Waals surface area contributed by atoms with Crippen molar-refractivity contribution < 1.29 is 19.1 Å². The van der Waals surface area contributed by atoms with E-state index in [9.17, 15) is 14.4 Å². The third-order valence-corrected chi connectivity index (χ3v) is 4.70. The number of esters is 1. The summed E-state index contributed by atoms with van der Waals surface area (Å²) in [5.41, 5.74) is 3.46. The van der Waals surface area contributed by atoms with Crippen LogP contribution in [0.2, 0.25) is 0 Å². The molecule has 0 aliphatic rings. The van der Waals surface area contributed by atoms with Crippen LogP contribution in [0.4, 0.5) is 5.69 Å². The van der Waals surface area contributed by atoms with Gasteiger partial charge >= 0.3 is 5.97 Å². The Balaban J connectivity index is 1.54. The number of carbonyl (C=O) groups excluding carboxylic acids is 3. The number of anilines is 1. The first-order valence-electron chi connectivity index (χ1n) is 9.94. The Labute approximate surface area is 181 Å². The molecule has 158 valence electrons. The summed E-state index contributed by atoms with van der Waals surface area (Å²) in [6, 6.07) is 23.6. The number of carbonyl (C=O) groups is 3. The lowest BCUT2D eigenvalue weighted by molar-refractivity contribution is -0.124. The van der Waals surface area contributed by atoms with Crippen molar-refractivity contribution in [2.45, 2.75) is 19.9 Å². The Kier molecular flexibility index (Phi) is 7.54. The van der Waals surface area contributed by atoms with Crippen LogP contribution in [0.25, 0.3) is 0 Å². The molecular weight excluding hydrogens is 392 g/mol. The lowest BCUT2D eigenvalue weighted by Crippen LogP contribution is -2.28. The molecule has 3 aromatic carbocycles. The fraction of sp³-hybridized carbons (Fsp3) is 0.160. The maximum atomic E-state index is 12.5. The number of hydrogen-bond acceptors (Lipinski definition) is 4. The van der Waals surface area contributed by atoms with Crippen molar-refractivity contribution in [3.05, 3.63) is 101 Å². The highest BCUT2D eigenvalue weighted by Crippen LogP contribution is 2.17. The fourth-order valence-electron chi connectivity index (χ4n) is 3.01. The summed E-state index contributed by atoms with van der Waals surface area (Å²) < 4.78 is 5.15. The van der Waals surface area contributed by atoms with Gasteiger partial charge in [-0.15, -0.1) is 0 Å². The van der Waals surface area contributed by atoms with E-state index in [0.717, 1.165) is 16.7 Å². The van der Waals surface area contributed by atoms with Gasteiger partial charge in [0.2, 0.25) is 5.91 Å². The average Bonchev–Trinajstić information content (AvgIpc) is 2.78. The highest BCUT2D eigenvalue weighted by molar-refractivity contribution is 6.02. The van der Waals surface area contributed by atoms with E-state index in [1.165, 1.54) is 0 Å². The van der Waals surface area contributed by atoms with E-state index in [1.54, 1.807) is 24.3 Å². The number of benzene rings is 3. The SMILES string of the molecule is Cc1ccccc1CNC(=O)COC(=O)c1ccccc1NC(=O)Cc1ccccc1. The van der Waals surface area contributed by atoms with Crippen molar-refractivity contribution in [3.8, 4) is 0 Å². The predicted molar refractivity (Wildman–Crippen MR) is 119 cm³/mol. The van der Waals surface area contributed by atoms with Gasteiger partial charge in [0, 0.05) is 6.54 Å². The van der Waals surface area contributed by atoms with E-state index in [0.29, 0.717) is 12.2 Å². The Bertz CT molecular complexity index is 1060. The summed E-state index contributed by atoms with van der Waals surface area (Å²) in [6.07, 6.45) is 0.186. The number of para-hydroxylation sites is 1. The third kappa shape index (κ3) is 6.54. The molecule has 0 fully saturated rings. The van der Waals surface area contributed by atoms with E-state index in [-0.39, 0.29) is 17.9 Å². The van der Waals surface area contributed by atoms with Gasteiger partial charge in [-0.05, 0) is 35.7 Å². The van der Waals surface area contributed by atoms with Crippen LogP contribution < -0.4 is 10.6 Å². The Morgan fingerprint density at radius 2 is 1.48 bits per heavy atom. The summed E-state index contributed by atoms with van der Waals surface area (Å²) in [6.45, 7) is 1.91. The van der Waals surface area contributed by atoms with Crippen molar-refractivity contribution in [2.24, 2.45) is 0 Å². The molecule has 0 heterocycles. The molecule has 0 atom stereocenters. The van der Waals surface area contributed by atoms with E-state index in [4.69, 9.17) is 4.74 Å². The minimum Gasteiger partial charge on any atom is -0.452 e. The van der Waals surface area contributed by atoms with Gasteiger partial charge < -0.3 is 15.4 Å². The number of aryl methyl sites for hydroxylation is 1. The molecule has 0 saturated heterocycles. The standard InChI is InChI=1S/C25H24N2O4/c1-18-9-5-6-12-20(18)16-26-24(29)17-31-25(30)21-13-7-8-14-22(21)27-23(28)15-19-10-3-2-4-11-19/h2-14H,15-17H2,1H3,(H,26,29)(H,27,28). The minimum atomic E-state index is -0.679. The maximum Gasteiger partial charge on any atom is 0.340 e. The van der Waals surface area contributed by atoms with Crippen molar-refractivity contribution in [2.75, 3.05) is 11.9 Å². The number of rotatable bonds is 8. The molecule has 3 rings (SSSR count). The smallest absolute Gasteiger partial charge is 0.340 e. The molecule has 6 nitrogen and oxygen atoms in total. The zero-order chi connectivity index (χ0) is 22.1. The van der Waals surface area contributed by atoms with Crippen molar-refractivity contribution in [1.29, 1.82) is 0 Å². The Morgan fingerprint density at radius 1 is 0.806 bits per heavy atom. The topological polar surface area (TPSA) is 84.5 Å². The predicted octanol–water partition coefficient (Wildman–Crippen LogP) is 3.65. The van der Waals surface area contributed by atoms with Gasteiger partial charge in [0.05, 0.1) is 17.7 Å². The Morgan fingerprint density at radius 3 is 2.26 bits per heavy atom. The molecule has 0 unspecified atom stereocenters. The van der Waals surface area contributed by atoms with Crippen LogP contribution in [0.5, 0.6) is 0 Å². The van der Waals surface area contributed by atoms with Gasteiger partial charge in [0.15, 0.2) is 6.61 Å². The van der Waals surface area contributed by atoms with Crippen molar-refractivity contribution in [1.82, 2.24) is 5.32 Å². The lowest BCUT2D eigenvalue weighted by atomic mass is 10.1. The van der Waals surface area contributed by atoms with Gasteiger partial charge in [-0.25, -0.2) is 4.79 Å². The largest absolute Gasteiger partial charge is 0.452 e. The first-order chi connectivity index (χ1) is 15.0. The van der Waals surface area contributed by atoms with Gasteiger partial charge in [0.1, 0.15) is 0 Å². The molecule has 2 amide bonds. The second-order valence-electron chi connectivity index (χ2n) is 7.04. The molecule has 0 aliphatic heterocycles. The fourth-order valence-corrected chi connectivity index (χ4v) is 3.01. The maximum absolute atomic E-state index is 12.5. The molecule has 0 radical (unpaired) electrons. The van der Waals surface area contributed by atoms with Gasteiger partial charge in [-0.2, -0.15) is 0 Å². The number of ether oxygens (including phenoxy) is 1. The zero-order valence-electron chi connectivity index (χ0n) is 17.3. The second-order valence-corrected chi connectivity index (χ2v) is 7.04. The molecular formula is C25H24N2O4. The highest BCUT2D eigenvalue weighted by Gasteiger charge is 2.16. The molecule has 0 aromatic heterocycles. The number of nitrogens with one attached hydrogen (secondary N) is 2. The molecule has 31 heavy (non-hydrogen) atoms. The minimum absolute atomic E-state index is 0.186. The number of amides is 2. The Hall–Kier alpha value is -3.93. The lowest BCUT2D eigenvalue weighted by Gasteiger charge is -2.11. The molecule has 0 aliphatic carbocycles. The molecule has 0 bridgehead atoms. The van der Waals surface area contributed by atoms with Gasteiger partial charge in [0.25, 0.3) is 5.91 Å². The van der Waals surface area contributed by atoms with Crippen LogP contribution in [0.1, 0.15) is 27.0 Å². The first-order valence-corrected chi connectivity index (χ1v) is 9.94. The molecule has 0 spiro atoms. The van der Waals surface area contributed by atoms with E-state index in [2.05, 4.69) is 10.6 Å². The van der Waals surface area contributed by atoms with Crippen molar-refractivity contribution >= 4 is 23.5 Å². The second kappa shape index (κ2) is 10.7. The summed E-state index contributed by atoms with van der Waals surface area (Å²) in [7, 11) is 0.